The molecule has 0 radical (unpaired) electrons. The predicted octanol–water partition coefficient (Wildman–Crippen LogP) is 3.77. The molecule has 0 spiro atoms. The Labute approximate surface area is 160 Å². The smallest absolute Gasteiger partial charge is 0.191 e. The second kappa shape index (κ2) is 10.1. The van der Waals surface area contributed by atoms with E-state index in [4.69, 9.17) is 14.1 Å². The molecule has 3 rings (SSSR count). The van der Waals surface area contributed by atoms with Crippen molar-refractivity contribution in [1.29, 1.82) is 0 Å². The van der Waals surface area contributed by atoms with Crippen molar-refractivity contribution in [3.05, 3.63) is 89.9 Å². The fraction of sp³-hybridized carbons (Fsp3) is 0.227. The number of hydrogen-bond donors (Lipinski definition) is 2. The first-order valence-electron chi connectivity index (χ1n) is 9.05. The Morgan fingerprint density at radius 3 is 2.44 bits per heavy atom. The van der Waals surface area contributed by atoms with Crippen LogP contribution in [0.3, 0.4) is 0 Å². The predicted molar refractivity (Wildman–Crippen MR) is 108 cm³/mol. The summed E-state index contributed by atoms with van der Waals surface area (Å²) >= 11 is 0. The van der Waals surface area contributed by atoms with Crippen molar-refractivity contribution in [2.75, 3.05) is 13.7 Å². The van der Waals surface area contributed by atoms with Crippen LogP contribution in [0.1, 0.15) is 16.9 Å². The van der Waals surface area contributed by atoms with Gasteiger partial charge in [-0.2, -0.15) is 0 Å². The van der Waals surface area contributed by atoms with Gasteiger partial charge in [0.2, 0.25) is 0 Å². The van der Waals surface area contributed by atoms with Crippen LogP contribution in [0.15, 0.2) is 82.4 Å². The van der Waals surface area contributed by atoms with E-state index in [1.807, 2.05) is 54.6 Å². The molecule has 0 amide bonds. The lowest BCUT2D eigenvalue weighted by Gasteiger charge is -2.13. The minimum atomic E-state index is 0.625. The van der Waals surface area contributed by atoms with Gasteiger partial charge in [0.15, 0.2) is 5.96 Å². The summed E-state index contributed by atoms with van der Waals surface area (Å²) in [6, 6.07) is 22.1. The van der Waals surface area contributed by atoms with Crippen LogP contribution in [0.4, 0.5) is 0 Å². The Morgan fingerprint density at radius 2 is 1.74 bits per heavy atom. The van der Waals surface area contributed by atoms with Crippen LogP contribution in [0, 0.1) is 0 Å². The van der Waals surface area contributed by atoms with Crippen LogP contribution in [0.25, 0.3) is 0 Å². The number of nitrogens with zero attached hydrogens (tertiary/aromatic N) is 1. The third-order valence-electron chi connectivity index (χ3n) is 4.13. The summed E-state index contributed by atoms with van der Waals surface area (Å²) in [5.41, 5.74) is 2.34. The molecule has 1 aromatic heterocycles. The molecule has 0 atom stereocenters. The molecule has 0 bridgehead atoms. The van der Waals surface area contributed by atoms with E-state index < -0.39 is 0 Å². The van der Waals surface area contributed by atoms with Gasteiger partial charge in [-0.1, -0.05) is 42.5 Å². The number of guanidine groups is 1. The molecular weight excluding hydrogens is 338 g/mol. The number of ether oxygens (including phenoxy) is 1. The molecule has 0 fully saturated rings. The van der Waals surface area contributed by atoms with Gasteiger partial charge in [0, 0.05) is 19.5 Å². The van der Waals surface area contributed by atoms with Gasteiger partial charge in [-0.3, -0.25) is 0 Å². The van der Waals surface area contributed by atoms with E-state index >= 15 is 0 Å². The Kier molecular flexibility index (Phi) is 6.92. The van der Waals surface area contributed by atoms with E-state index in [9.17, 15) is 0 Å². The maximum absolute atomic E-state index is 5.38. The minimum Gasteiger partial charge on any atom is -0.497 e. The number of hydrogen-bond acceptors (Lipinski definition) is 3. The van der Waals surface area contributed by atoms with Gasteiger partial charge in [0.1, 0.15) is 11.5 Å². The van der Waals surface area contributed by atoms with Crippen molar-refractivity contribution in [2.24, 2.45) is 4.99 Å². The summed E-state index contributed by atoms with van der Waals surface area (Å²) in [5.74, 6) is 2.59. The van der Waals surface area contributed by atoms with Crippen molar-refractivity contribution in [1.82, 2.24) is 10.6 Å². The highest BCUT2D eigenvalue weighted by Gasteiger charge is 2.02. The van der Waals surface area contributed by atoms with Crippen molar-refractivity contribution in [3.8, 4) is 5.75 Å². The van der Waals surface area contributed by atoms with Crippen LogP contribution < -0.4 is 15.4 Å². The number of furan rings is 1. The zero-order chi connectivity index (χ0) is 18.7. The van der Waals surface area contributed by atoms with Crippen LogP contribution >= 0.6 is 0 Å². The van der Waals surface area contributed by atoms with Gasteiger partial charge in [0.25, 0.3) is 0 Å². The maximum Gasteiger partial charge on any atom is 0.191 e. The number of methoxy groups -OCH3 is 1. The van der Waals surface area contributed by atoms with Gasteiger partial charge < -0.3 is 19.8 Å². The Hall–Kier alpha value is -3.21. The van der Waals surface area contributed by atoms with E-state index in [2.05, 4.69) is 22.8 Å². The minimum absolute atomic E-state index is 0.625. The Morgan fingerprint density at radius 1 is 0.926 bits per heavy atom. The monoisotopic (exact) mass is 363 g/mol. The van der Waals surface area contributed by atoms with Gasteiger partial charge in [-0.15, -0.1) is 0 Å². The van der Waals surface area contributed by atoms with Gasteiger partial charge >= 0.3 is 0 Å². The summed E-state index contributed by atoms with van der Waals surface area (Å²) < 4.78 is 10.6. The highest BCUT2D eigenvalue weighted by atomic mass is 16.5. The molecule has 5 heteroatoms. The zero-order valence-electron chi connectivity index (χ0n) is 15.5. The van der Waals surface area contributed by atoms with Crippen LogP contribution in [-0.4, -0.2) is 19.6 Å². The lowest BCUT2D eigenvalue weighted by atomic mass is 10.2. The molecule has 0 aliphatic rings. The third-order valence-corrected chi connectivity index (χ3v) is 4.13. The fourth-order valence-corrected chi connectivity index (χ4v) is 2.62. The normalized spacial score (nSPS) is 11.2. The van der Waals surface area contributed by atoms with E-state index in [1.165, 1.54) is 5.56 Å². The summed E-state index contributed by atoms with van der Waals surface area (Å²) in [4.78, 5) is 4.70. The summed E-state index contributed by atoms with van der Waals surface area (Å²) in [6.07, 6.45) is 2.50. The molecule has 0 unspecified atom stereocenters. The Balaban J connectivity index is 1.58. The van der Waals surface area contributed by atoms with Crippen LogP contribution in [0.5, 0.6) is 5.75 Å². The van der Waals surface area contributed by atoms with E-state index in [0.29, 0.717) is 13.1 Å². The SMILES string of the molecule is COc1ccc(CNC(=NCc2ccccc2)NCCc2ccco2)cc1. The number of rotatable bonds is 8. The second-order valence-corrected chi connectivity index (χ2v) is 6.11. The maximum atomic E-state index is 5.38. The lowest BCUT2D eigenvalue weighted by Crippen LogP contribution is -2.38. The highest BCUT2D eigenvalue weighted by molar-refractivity contribution is 5.79. The van der Waals surface area contributed by atoms with E-state index in [1.54, 1.807) is 13.4 Å². The first-order chi connectivity index (χ1) is 13.3. The van der Waals surface area contributed by atoms with Crippen molar-refractivity contribution < 1.29 is 9.15 Å². The van der Waals surface area contributed by atoms with E-state index in [-0.39, 0.29) is 0 Å². The highest BCUT2D eigenvalue weighted by Crippen LogP contribution is 2.11. The molecule has 27 heavy (non-hydrogen) atoms. The van der Waals surface area contributed by atoms with Crippen molar-refractivity contribution >= 4 is 5.96 Å². The topological polar surface area (TPSA) is 58.8 Å². The summed E-state index contributed by atoms with van der Waals surface area (Å²) in [6.45, 7) is 2.06. The first-order valence-corrected chi connectivity index (χ1v) is 9.05. The zero-order valence-corrected chi connectivity index (χ0v) is 15.5. The molecule has 2 N–H and O–H groups in total. The largest absolute Gasteiger partial charge is 0.497 e. The summed E-state index contributed by atoms with van der Waals surface area (Å²) in [7, 11) is 1.67. The molecule has 2 aromatic carbocycles. The van der Waals surface area contributed by atoms with Gasteiger partial charge in [-0.25, -0.2) is 4.99 Å². The van der Waals surface area contributed by atoms with Crippen molar-refractivity contribution in [2.45, 2.75) is 19.5 Å². The fourth-order valence-electron chi connectivity index (χ4n) is 2.62. The Bertz CT molecular complexity index is 813. The molecule has 140 valence electrons. The third kappa shape index (κ3) is 6.22. The van der Waals surface area contributed by atoms with Gasteiger partial charge in [0.05, 0.1) is 19.9 Å². The molecule has 1 heterocycles. The molecule has 0 aliphatic carbocycles. The summed E-state index contributed by atoms with van der Waals surface area (Å²) in [5, 5.41) is 6.77. The van der Waals surface area contributed by atoms with Crippen LogP contribution in [-0.2, 0) is 19.5 Å². The van der Waals surface area contributed by atoms with Crippen LogP contribution in [0.2, 0.25) is 0 Å². The van der Waals surface area contributed by atoms with E-state index in [0.717, 1.165) is 36.0 Å². The number of nitrogens with one attached hydrogen (secondary N) is 2. The molecule has 0 saturated heterocycles. The molecule has 0 aliphatic heterocycles. The average molecular weight is 363 g/mol. The average Bonchev–Trinajstić information content (AvgIpc) is 3.24. The van der Waals surface area contributed by atoms with Gasteiger partial charge in [-0.05, 0) is 35.4 Å². The molecular formula is C22H25N3O2. The number of aliphatic imine (C=N–C) groups is 1. The number of benzene rings is 2. The standard InChI is InChI=1S/C22H25N3O2/c1-26-20-11-9-19(10-12-20)17-25-22(23-14-13-21-8-5-15-27-21)24-16-18-6-3-2-4-7-18/h2-12,15H,13-14,16-17H2,1H3,(H2,23,24,25). The first kappa shape index (κ1) is 18.6. The quantitative estimate of drug-likeness (QED) is 0.472. The molecule has 5 nitrogen and oxygen atoms in total. The van der Waals surface area contributed by atoms with Crippen molar-refractivity contribution in [3.63, 3.8) is 0 Å². The molecule has 3 aromatic rings. The molecule has 0 saturated carbocycles. The second-order valence-electron chi connectivity index (χ2n) is 6.11. The lowest BCUT2D eigenvalue weighted by molar-refractivity contribution is 0.414.